The molecule has 1 aliphatic rings. The Kier molecular flexibility index (Phi) is 7.87. The summed E-state index contributed by atoms with van der Waals surface area (Å²) in [6, 6.07) is 5.55. The summed E-state index contributed by atoms with van der Waals surface area (Å²) in [4.78, 5) is 25.2. The second-order valence-corrected chi connectivity index (χ2v) is 9.29. The number of hydrogen-bond acceptors (Lipinski definition) is 4. The third-order valence-corrected chi connectivity index (χ3v) is 6.20. The number of halogens is 2. The molecule has 0 fully saturated rings. The molecule has 1 aliphatic heterocycles. The van der Waals surface area contributed by atoms with Crippen molar-refractivity contribution in [2.75, 3.05) is 19.0 Å². The Hall–Kier alpha value is -3.06. The third kappa shape index (κ3) is 5.36. The highest BCUT2D eigenvalue weighted by Crippen LogP contribution is 2.43. The van der Waals surface area contributed by atoms with Crippen LogP contribution in [-0.4, -0.2) is 36.5 Å². The van der Waals surface area contributed by atoms with E-state index in [0.29, 0.717) is 24.6 Å². The molecule has 0 aromatic heterocycles. The molecule has 0 radical (unpaired) electrons. The average molecular weight is 471 g/mol. The van der Waals surface area contributed by atoms with Crippen molar-refractivity contribution >= 4 is 23.6 Å². The Bertz CT molecular complexity index is 1100. The highest BCUT2D eigenvalue weighted by Gasteiger charge is 2.37. The first kappa shape index (κ1) is 25.6. The van der Waals surface area contributed by atoms with E-state index in [1.165, 1.54) is 32.2 Å². The number of carbonyl (C=O) groups is 2. The number of hydrogen-bond donors (Lipinski definition) is 1. The van der Waals surface area contributed by atoms with Gasteiger partial charge in [0.05, 0.1) is 13.2 Å². The van der Waals surface area contributed by atoms with E-state index in [2.05, 4.69) is 35.7 Å². The van der Waals surface area contributed by atoms with Crippen LogP contribution in [0.4, 0.5) is 14.5 Å². The van der Waals surface area contributed by atoms with Gasteiger partial charge in [0.15, 0.2) is 0 Å². The van der Waals surface area contributed by atoms with E-state index >= 15 is 8.78 Å². The zero-order chi connectivity index (χ0) is 25.2. The maximum Gasteiger partial charge on any atom is 0.330 e. The fourth-order valence-corrected chi connectivity index (χ4v) is 4.70. The summed E-state index contributed by atoms with van der Waals surface area (Å²) in [6.07, 6.45) is 3.17. The van der Waals surface area contributed by atoms with Crippen LogP contribution in [0.5, 0.6) is 0 Å². The van der Waals surface area contributed by atoms with Gasteiger partial charge in [0, 0.05) is 36.8 Å². The normalized spacial score (nSPS) is 18.3. The number of nitrogens with zero attached hydrogens (tertiary/aromatic N) is 1. The van der Waals surface area contributed by atoms with Gasteiger partial charge in [0.25, 0.3) is 0 Å². The second kappa shape index (κ2) is 10.5. The predicted octanol–water partition coefficient (Wildman–Crippen LogP) is 5.41. The summed E-state index contributed by atoms with van der Waals surface area (Å²) >= 11 is 0. The molecule has 2 aromatic carbocycles. The van der Waals surface area contributed by atoms with Gasteiger partial charge in [-0.05, 0) is 72.7 Å². The van der Waals surface area contributed by atoms with Gasteiger partial charge in [-0.25, -0.2) is 13.6 Å². The van der Waals surface area contributed by atoms with Gasteiger partial charge < -0.3 is 10.1 Å². The number of esters is 1. The Labute approximate surface area is 199 Å². The van der Waals surface area contributed by atoms with Crippen LogP contribution in [0, 0.1) is 24.5 Å². The molecule has 182 valence electrons. The van der Waals surface area contributed by atoms with Crippen molar-refractivity contribution in [3.8, 4) is 0 Å². The Morgan fingerprint density at radius 3 is 2.44 bits per heavy atom. The van der Waals surface area contributed by atoms with Gasteiger partial charge in [-0.2, -0.15) is 0 Å². The number of methoxy groups -OCH3 is 1. The van der Waals surface area contributed by atoms with E-state index in [1.54, 1.807) is 6.07 Å². The Morgan fingerprint density at radius 2 is 1.88 bits per heavy atom. The maximum atomic E-state index is 15.5. The van der Waals surface area contributed by atoms with Crippen LogP contribution in [0.1, 0.15) is 61.6 Å². The monoisotopic (exact) mass is 470 g/mol. The van der Waals surface area contributed by atoms with Gasteiger partial charge in [-0.1, -0.05) is 19.9 Å². The van der Waals surface area contributed by atoms with Gasteiger partial charge >= 0.3 is 5.97 Å². The van der Waals surface area contributed by atoms with Crippen LogP contribution in [-0.2, 0) is 20.7 Å². The van der Waals surface area contributed by atoms with Crippen molar-refractivity contribution in [3.63, 3.8) is 0 Å². The first-order valence-corrected chi connectivity index (χ1v) is 11.4. The number of ether oxygens (including phenoxy) is 1. The Morgan fingerprint density at radius 1 is 1.24 bits per heavy atom. The lowest BCUT2D eigenvalue weighted by Crippen LogP contribution is -2.45. The lowest BCUT2D eigenvalue weighted by atomic mass is 9.81. The largest absolute Gasteiger partial charge is 0.466 e. The number of rotatable bonds is 6. The molecule has 34 heavy (non-hydrogen) atoms. The highest BCUT2D eigenvalue weighted by atomic mass is 19.1. The molecule has 1 heterocycles. The summed E-state index contributed by atoms with van der Waals surface area (Å²) in [5.41, 5.74) is 3.67. The van der Waals surface area contributed by atoms with E-state index in [9.17, 15) is 9.59 Å². The minimum Gasteiger partial charge on any atom is -0.466 e. The van der Waals surface area contributed by atoms with Gasteiger partial charge in [0.1, 0.15) is 11.6 Å². The van der Waals surface area contributed by atoms with Crippen LogP contribution in [0.2, 0.25) is 0 Å². The number of nitrogens with one attached hydrogen (secondary N) is 1. The molecule has 1 amide bonds. The lowest BCUT2D eigenvalue weighted by Gasteiger charge is -2.44. The summed E-state index contributed by atoms with van der Waals surface area (Å²) in [7, 11) is 1.24. The standard InChI is InChI=1S/C27H32F2N2O3/c1-15(2)14-31-16(3)11-21-17(4)24(30-18(5)32)9-8-20(21)27(31)26-22(28)12-19(13-23(26)29)7-10-25(33)34-6/h7-10,12-13,15-16,27H,11,14H2,1-6H3,(H,30,32)/b10-7+. The van der Waals surface area contributed by atoms with Crippen molar-refractivity contribution < 1.29 is 23.1 Å². The molecule has 7 heteroatoms. The van der Waals surface area contributed by atoms with Gasteiger partial charge in [0.2, 0.25) is 5.91 Å². The minimum atomic E-state index is -0.674. The van der Waals surface area contributed by atoms with Crippen molar-refractivity contribution in [1.82, 2.24) is 4.90 Å². The number of anilines is 1. The van der Waals surface area contributed by atoms with Crippen LogP contribution in [0.15, 0.2) is 30.3 Å². The number of carbonyl (C=O) groups excluding carboxylic acids is 2. The predicted molar refractivity (Wildman–Crippen MR) is 129 cm³/mol. The van der Waals surface area contributed by atoms with Gasteiger partial charge in [-0.15, -0.1) is 0 Å². The van der Waals surface area contributed by atoms with E-state index in [0.717, 1.165) is 22.8 Å². The summed E-state index contributed by atoms with van der Waals surface area (Å²) < 4.78 is 35.6. The molecule has 3 rings (SSSR count). The molecule has 0 aliphatic carbocycles. The topological polar surface area (TPSA) is 58.6 Å². The molecular formula is C27H32F2N2O3. The fraction of sp³-hybridized carbons (Fsp3) is 0.407. The molecular weight excluding hydrogens is 438 g/mol. The van der Waals surface area contributed by atoms with Crippen LogP contribution >= 0.6 is 0 Å². The van der Waals surface area contributed by atoms with Crippen molar-refractivity contribution in [1.29, 1.82) is 0 Å². The highest BCUT2D eigenvalue weighted by molar-refractivity contribution is 5.90. The molecule has 2 unspecified atom stereocenters. The molecule has 0 bridgehead atoms. The SMILES string of the molecule is COC(=O)/C=C/c1cc(F)c(C2c3ccc(NC(C)=O)c(C)c3CC(C)N2CC(C)C)c(F)c1. The van der Waals surface area contributed by atoms with E-state index < -0.39 is 23.6 Å². The summed E-state index contributed by atoms with van der Waals surface area (Å²) in [5.74, 6) is -1.83. The third-order valence-electron chi connectivity index (χ3n) is 6.20. The quantitative estimate of drug-likeness (QED) is 0.453. The Balaban J connectivity index is 2.17. The number of benzene rings is 2. The molecule has 0 spiro atoms. The molecule has 0 saturated carbocycles. The lowest BCUT2D eigenvalue weighted by molar-refractivity contribution is -0.134. The molecule has 2 aromatic rings. The summed E-state index contributed by atoms with van der Waals surface area (Å²) in [5, 5.41) is 2.85. The van der Waals surface area contributed by atoms with Crippen molar-refractivity contribution in [3.05, 3.63) is 69.8 Å². The smallest absolute Gasteiger partial charge is 0.330 e. The van der Waals surface area contributed by atoms with Crippen LogP contribution < -0.4 is 5.32 Å². The van der Waals surface area contributed by atoms with E-state index in [-0.39, 0.29) is 23.1 Å². The average Bonchev–Trinajstić information content (AvgIpc) is 2.75. The maximum absolute atomic E-state index is 15.5. The van der Waals surface area contributed by atoms with E-state index in [1.807, 2.05) is 13.0 Å². The van der Waals surface area contributed by atoms with Gasteiger partial charge in [-0.3, -0.25) is 9.69 Å². The first-order valence-electron chi connectivity index (χ1n) is 11.4. The van der Waals surface area contributed by atoms with Crippen LogP contribution in [0.25, 0.3) is 6.08 Å². The zero-order valence-electron chi connectivity index (χ0n) is 20.5. The molecule has 1 N–H and O–H groups in total. The molecule has 5 nitrogen and oxygen atoms in total. The van der Waals surface area contributed by atoms with Crippen molar-refractivity contribution in [2.24, 2.45) is 5.92 Å². The number of amides is 1. The molecule has 2 atom stereocenters. The minimum absolute atomic E-state index is 0.0182. The number of fused-ring (bicyclic) bond motifs is 1. The molecule has 0 saturated heterocycles. The summed E-state index contributed by atoms with van der Waals surface area (Å²) in [6.45, 7) is 10.3. The fourth-order valence-electron chi connectivity index (χ4n) is 4.70. The zero-order valence-corrected chi connectivity index (χ0v) is 20.5. The first-order chi connectivity index (χ1) is 16.0. The van der Waals surface area contributed by atoms with Crippen LogP contribution in [0.3, 0.4) is 0 Å². The van der Waals surface area contributed by atoms with Crippen molar-refractivity contribution in [2.45, 2.75) is 53.1 Å². The second-order valence-electron chi connectivity index (χ2n) is 9.29. The van der Waals surface area contributed by atoms with E-state index in [4.69, 9.17) is 0 Å².